The number of hydrogen-bond acceptors (Lipinski definition) is 14. The zero-order chi connectivity index (χ0) is 53.5. The van der Waals surface area contributed by atoms with E-state index in [-0.39, 0.29) is 118 Å². The first-order valence-corrected chi connectivity index (χ1v) is 26.1. The molecule has 4 fully saturated rings. The van der Waals surface area contributed by atoms with E-state index in [1.807, 2.05) is 97.1 Å². The van der Waals surface area contributed by atoms with Crippen LogP contribution < -0.4 is 89.7 Å². The van der Waals surface area contributed by atoms with Crippen LogP contribution in [0.15, 0.2) is 122 Å². The van der Waals surface area contributed by atoms with E-state index in [9.17, 15) is 20.4 Å². The molecule has 2 radical (unpaired) electrons. The molecule has 84 heavy (non-hydrogen) atoms. The molecule has 8 heterocycles. The van der Waals surface area contributed by atoms with E-state index in [0.717, 1.165) is 189 Å². The van der Waals surface area contributed by atoms with Crippen molar-refractivity contribution in [3.63, 3.8) is 0 Å². The molecule has 4 aliphatic rings. The average Bonchev–Trinajstić information content (AvgIpc) is 3.49. The first-order valence-electron chi connectivity index (χ1n) is 26.1. The molecule has 10 N–H and O–H groups in total. The number of ether oxygens (including phenoxy) is 4. The van der Waals surface area contributed by atoms with Gasteiger partial charge in [-0.05, 0) is 45.8 Å². The molecule has 4 aromatic carbocycles. The van der Waals surface area contributed by atoms with Crippen molar-refractivity contribution >= 4 is 43.6 Å². The van der Waals surface area contributed by atoms with Crippen LogP contribution in [0.25, 0.3) is 43.6 Å². The van der Waals surface area contributed by atoms with Crippen LogP contribution in [0.4, 0.5) is 0 Å². The minimum Gasteiger partial charge on any atom is -1.00 e. The number of fused-ring (bicyclic) bond motifs is 4. The number of pyridine rings is 4. The van der Waals surface area contributed by atoms with E-state index in [1.54, 1.807) is 24.8 Å². The molecule has 0 unspecified atom stereocenters. The van der Waals surface area contributed by atoms with E-state index < -0.39 is 0 Å². The zero-order valence-corrected chi connectivity index (χ0v) is 51.7. The van der Waals surface area contributed by atoms with Crippen LogP contribution in [0.3, 0.4) is 0 Å². The van der Waals surface area contributed by atoms with Gasteiger partial charge in [-0.15, -0.1) is 0 Å². The number of aromatic nitrogens is 4. The molecule has 0 amide bonds. The summed E-state index contributed by atoms with van der Waals surface area (Å²) in [6, 6.07) is 30.8. The fourth-order valence-corrected chi connectivity index (χ4v) is 9.62. The number of benzene rings is 4. The van der Waals surface area contributed by atoms with Gasteiger partial charge in [0.25, 0.3) is 0 Å². The summed E-state index contributed by atoms with van der Waals surface area (Å²) in [7, 11) is 2.00. The standard InChI is InChI=1S/4C14H16N2O2.2CH4O.4ClH.2Cu.2H2O/c4*17-14-12(10-16-6-8-18-9-7-16)4-3-11-2-1-5-15-13(11)14;2*1-2;;;;;;;;/h4*1-5,17H,6-10H2;2*2H,1H3;4*1H;;;2*1H2/q;;;;;;;;;;2*+2;;/p-4. The Balaban J connectivity index is 0. The molecular formula is C58H76Cl4Cu2N8O12. The van der Waals surface area contributed by atoms with Crippen molar-refractivity contribution in [2.45, 2.75) is 26.2 Å². The quantitative estimate of drug-likeness (QED) is 0.0771. The second kappa shape index (κ2) is 44.0. The van der Waals surface area contributed by atoms with Crippen LogP contribution in [-0.2, 0) is 79.3 Å². The van der Waals surface area contributed by atoms with E-state index >= 15 is 0 Å². The molecule has 4 aliphatic heterocycles. The largest absolute Gasteiger partial charge is 2.00 e. The minimum atomic E-state index is 0. The summed E-state index contributed by atoms with van der Waals surface area (Å²) in [5, 5.41) is 66.9. The molecule has 0 saturated carbocycles. The molecule has 12 rings (SSSR count). The Kier molecular flexibility index (Phi) is 42.7. The van der Waals surface area contributed by atoms with Crippen molar-refractivity contribution < 1.29 is 164 Å². The summed E-state index contributed by atoms with van der Waals surface area (Å²) in [6.45, 7) is 17.2. The molecule has 26 heteroatoms. The van der Waals surface area contributed by atoms with Gasteiger partial charge in [-0.1, -0.05) is 95.8 Å². The molecule has 20 nitrogen and oxygen atoms in total. The molecular weight excluding hydrogens is 1270 g/mol. The summed E-state index contributed by atoms with van der Waals surface area (Å²) in [5.74, 6) is 0.304. The third kappa shape index (κ3) is 23.3. The predicted molar refractivity (Wildman–Crippen MR) is 289 cm³/mol. The summed E-state index contributed by atoms with van der Waals surface area (Å²) < 4.78 is 21.3. The van der Waals surface area contributed by atoms with Crippen LogP contribution in [0.1, 0.15) is 22.3 Å². The van der Waals surface area contributed by atoms with Gasteiger partial charge in [0.05, 0.1) is 74.9 Å². The van der Waals surface area contributed by atoms with Gasteiger partial charge < -0.3 is 130 Å². The number of nitrogens with one attached hydrogen (secondary N) is 4. The Morgan fingerprint density at radius 3 is 0.690 bits per heavy atom. The normalized spacial score (nSPS) is 14.8. The van der Waals surface area contributed by atoms with Gasteiger partial charge in [0.1, 0.15) is 78.5 Å². The smallest absolute Gasteiger partial charge is 1.00 e. The van der Waals surface area contributed by atoms with E-state index in [0.29, 0.717) is 22.1 Å². The second-order valence-electron chi connectivity index (χ2n) is 18.7. The Labute approximate surface area is 536 Å². The second-order valence-corrected chi connectivity index (χ2v) is 18.7. The Bertz CT molecular complexity index is 2660. The van der Waals surface area contributed by atoms with Gasteiger partial charge in [0.15, 0.2) is 0 Å². The van der Waals surface area contributed by atoms with Gasteiger partial charge in [-0.25, -0.2) is 0 Å². The SMILES string of the molecule is CO.CO.O.O.[Cl-].[Cl-].[Cl-].[Cl-].[Cu+2].[Cu+2].[O-]c1c(C[NH+]2CCOCC2)ccc2cccnc12.[O-]c1c(C[NH+]2CCOCC2)ccc2cccnc12.[O-]c1c(C[NH+]2CCOCC2)ccc2cccnc12.[O-]c1c(C[NH+]2CCOCC2)ccc2cccnc12. The topological polar surface area (TPSA) is 302 Å². The van der Waals surface area contributed by atoms with Crippen molar-refractivity contribution in [1.82, 2.24) is 19.9 Å². The van der Waals surface area contributed by atoms with Crippen molar-refractivity contribution in [3.05, 3.63) is 144 Å². The number of morpholine rings is 4. The molecule has 4 saturated heterocycles. The first kappa shape index (κ1) is 81.5. The number of nitrogens with zero attached hydrogens (tertiary/aromatic N) is 4. The minimum absolute atomic E-state index is 0. The van der Waals surface area contributed by atoms with Crippen molar-refractivity contribution in [2.24, 2.45) is 0 Å². The average molecular weight is 1350 g/mol. The van der Waals surface area contributed by atoms with Gasteiger partial charge in [-0.3, -0.25) is 19.9 Å². The number of aliphatic hydroxyl groups is 2. The van der Waals surface area contributed by atoms with E-state index in [4.69, 9.17) is 29.2 Å². The molecule has 0 atom stereocenters. The first-order chi connectivity index (χ1) is 37.4. The van der Waals surface area contributed by atoms with Crippen LogP contribution in [-0.4, -0.2) is 161 Å². The van der Waals surface area contributed by atoms with Crippen molar-refractivity contribution in [1.29, 1.82) is 0 Å². The maximum Gasteiger partial charge on any atom is 2.00 e. The van der Waals surface area contributed by atoms with E-state index in [2.05, 4.69) is 19.9 Å². The van der Waals surface area contributed by atoms with Gasteiger partial charge in [0, 0.05) is 61.3 Å². The Morgan fingerprint density at radius 1 is 0.333 bits per heavy atom. The fraction of sp³-hybridized carbons (Fsp3) is 0.379. The summed E-state index contributed by atoms with van der Waals surface area (Å²) in [4.78, 5) is 22.4. The maximum absolute atomic E-state index is 12.3. The summed E-state index contributed by atoms with van der Waals surface area (Å²) >= 11 is 0. The molecule has 0 aliphatic carbocycles. The van der Waals surface area contributed by atoms with E-state index in [1.165, 1.54) is 19.6 Å². The third-order valence-electron chi connectivity index (χ3n) is 13.8. The maximum atomic E-state index is 12.3. The molecule has 0 bridgehead atoms. The van der Waals surface area contributed by atoms with Crippen LogP contribution in [0.5, 0.6) is 23.0 Å². The fourth-order valence-electron chi connectivity index (χ4n) is 9.62. The van der Waals surface area contributed by atoms with Crippen molar-refractivity contribution in [3.8, 4) is 23.0 Å². The summed E-state index contributed by atoms with van der Waals surface area (Å²) in [6.07, 6.45) is 6.70. The molecule has 0 spiro atoms. The Morgan fingerprint density at radius 2 is 0.512 bits per heavy atom. The van der Waals surface area contributed by atoms with Crippen LogP contribution >= 0.6 is 0 Å². The third-order valence-corrected chi connectivity index (χ3v) is 13.8. The van der Waals surface area contributed by atoms with Gasteiger partial charge >= 0.3 is 34.1 Å². The molecule has 470 valence electrons. The monoisotopic (exact) mass is 1340 g/mol. The number of hydrogen-bond donors (Lipinski definition) is 6. The van der Waals surface area contributed by atoms with Crippen LogP contribution in [0, 0.1) is 0 Å². The summed E-state index contributed by atoms with van der Waals surface area (Å²) in [5.41, 5.74) is 5.78. The Hall–Kier alpha value is -4.56. The molecule has 4 aromatic heterocycles. The van der Waals surface area contributed by atoms with Crippen molar-refractivity contribution in [2.75, 3.05) is 119 Å². The number of rotatable bonds is 8. The predicted octanol–water partition coefficient (Wildman–Crippen LogP) is -15.5. The number of aliphatic hydroxyl groups excluding tert-OH is 2. The van der Waals surface area contributed by atoms with Gasteiger partial charge in [0.2, 0.25) is 0 Å². The molecule has 8 aromatic rings. The zero-order valence-electron chi connectivity index (χ0n) is 46.8. The van der Waals surface area contributed by atoms with Gasteiger partial charge in [-0.2, -0.15) is 0 Å². The number of halogens is 4. The van der Waals surface area contributed by atoms with Crippen LogP contribution in [0.2, 0.25) is 0 Å². The number of quaternary nitrogens is 4.